The molecule has 3 N–H and O–H groups in total. The van der Waals surface area contributed by atoms with Gasteiger partial charge in [0.05, 0.1) is 22.4 Å². The smallest absolute Gasteiger partial charge is 0.326 e. The van der Waals surface area contributed by atoms with E-state index in [1.165, 1.54) is 0 Å². The molecule has 0 radical (unpaired) electrons. The number of likely N-dealkylation sites (N-methyl/N-ethyl adjacent to an activating group) is 1. The second-order valence-electron chi connectivity index (χ2n) is 9.80. The molecule has 0 saturated carbocycles. The van der Waals surface area contributed by atoms with E-state index in [-0.39, 0.29) is 35.3 Å². The number of benzene rings is 2. The number of anilines is 1. The largest absolute Gasteiger partial charge is 0.457 e. The highest BCUT2D eigenvalue weighted by Gasteiger charge is 2.52. The molecule has 0 aliphatic carbocycles. The zero-order chi connectivity index (χ0) is 24.8. The van der Waals surface area contributed by atoms with Gasteiger partial charge in [0.15, 0.2) is 0 Å². The molecule has 3 amide bonds. The molecule has 2 aromatic rings. The summed E-state index contributed by atoms with van der Waals surface area (Å²) in [6.07, 6.45) is 0.823. The molecule has 2 aromatic carbocycles. The quantitative estimate of drug-likeness (QED) is 0.558. The number of piperidine rings is 1. The molecule has 3 atom stereocenters. The van der Waals surface area contributed by atoms with Gasteiger partial charge >= 0.3 is 6.03 Å². The Bertz CT molecular complexity index is 1210. The zero-order valence-electron chi connectivity index (χ0n) is 20.5. The lowest BCUT2D eigenvalue weighted by atomic mass is 9.86. The Balaban J connectivity index is 1.24. The summed E-state index contributed by atoms with van der Waals surface area (Å²) in [5.74, 6) is 1.47. The lowest BCUT2D eigenvalue weighted by Gasteiger charge is -2.46. The van der Waals surface area contributed by atoms with Gasteiger partial charge in [0.1, 0.15) is 11.5 Å². The van der Waals surface area contributed by atoms with Gasteiger partial charge in [0, 0.05) is 30.4 Å². The lowest BCUT2D eigenvalue weighted by molar-refractivity contribution is -0.118. The van der Waals surface area contributed by atoms with Crippen LogP contribution in [0, 0.1) is 12.8 Å². The zero-order valence-corrected chi connectivity index (χ0v) is 21.3. The van der Waals surface area contributed by atoms with Crippen LogP contribution >= 0.6 is 11.8 Å². The summed E-state index contributed by atoms with van der Waals surface area (Å²) < 4.78 is 5.99. The summed E-state index contributed by atoms with van der Waals surface area (Å²) >= 11 is 1.55. The number of thioether (sulfide) groups is 1. The van der Waals surface area contributed by atoms with Crippen molar-refractivity contribution < 1.29 is 14.3 Å². The topological polar surface area (TPSA) is 85.9 Å². The number of nitrogens with one attached hydrogen (secondary N) is 3. The van der Waals surface area contributed by atoms with Crippen LogP contribution in [-0.4, -0.2) is 60.5 Å². The number of urea groups is 1. The number of carbonyl (C=O) groups excluding carboxylic acids is 2. The van der Waals surface area contributed by atoms with Gasteiger partial charge in [-0.15, -0.1) is 0 Å². The Morgan fingerprint density at radius 3 is 2.72 bits per heavy atom. The fraction of sp³-hybridized carbons (Fsp3) is 0.407. The van der Waals surface area contributed by atoms with E-state index in [0.717, 1.165) is 61.0 Å². The third-order valence-electron chi connectivity index (χ3n) is 7.49. The number of hydrogen-bond acceptors (Lipinski definition) is 6. The van der Waals surface area contributed by atoms with Crippen LogP contribution in [0.1, 0.15) is 18.9 Å². The molecule has 9 heteroatoms. The number of likely N-dealkylation sites (tertiary alicyclic amines) is 1. The fourth-order valence-electron chi connectivity index (χ4n) is 5.66. The molecule has 0 aromatic heterocycles. The first-order chi connectivity index (χ1) is 17.5. The maximum absolute atomic E-state index is 13.5. The van der Waals surface area contributed by atoms with E-state index in [0.29, 0.717) is 4.91 Å². The Hall–Kier alpha value is -3.01. The molecule has 36 heavy (non-hydrogen) atoms. The summed E-state index contributed by atoms with van der Waals surface area (Å²) in [7, 11) is 0. The monoisotopic (exact) mass is 505 g/mol. The molecular formula is C27H31N5O3S. The van der Waals surface area contributed by atoms with E-state index < -0.39 is 0 Å². The van der Waals surface area contributed by atoms with Crippen molar-refractivity contribution in [3.8, 4) is 11.5 Å². The van der Waals surface area contributed by atoms with E-state index in [1.54, 1.807) is 11.8 Å². The molecule has 0 spiro atoms. The number of hydrogen-bond donors (Lipinski definition) is 3. The van der Waals surface area contributed by atoms with Gasteiger partial charge in [-0.3, -0.25) is 14.6 Å². The maximum Gasteiger partial charge on any atom is 0.326 e. The van der Waals surface area contributed by atoms with Crippen LogP contribution in [0.25, 0.3) is 0 Å². The van der Waals surface area contributed by atoms with Gasteiger partial charge in [-0.1, -0.05) is 36.9 Å². The minimum Gasteiger partial charge on any atom is -0.457 e. The minimum absolute atomic E-state index is 0.0170. The van der Waals surface area contributed by atoms with Crippen molar-refractivity contribution in [2.24, 2.45) is 5.92 Å². The molecule has 8 nitrogen and oxygen atoms in total. The SMILES string of the molecule is CCN1CC(NC(=O)C2=C3NC(=O)N(c4ccc(Oc5ccccc5)cc4C)C4CCNC(S2)C34)C1. The number of nitrogens with zero attached hydrogens (tertiary/aromatic N) is 2. The van der Waals surface area contributed by atoms with Crippen LogP contribution in [0.5, 0.6) is 11.5 Å². The second kappa shape index (κ2) is 9.46. The highest BCUT2D eigenvalue weighted by atomic mass is 32.2. The normalized spacial score (nSPS) is 25.8. The Labute approximate surface area is 215 Å². The van der Waals surface area contributed by atoms with Gasteiger partial charge in [-0.2, -0.15) is 0 Å². The van der Waals surface area contributed by atoms with Gasteiger partial charge in [-0.05, 0) is 62.3 Å². The molecule has 3 fully saturated rings. The van der Waals surface area contributed by atoms with Crippen LogP contribution < -0.4 is 25.6 Å². The van der Waals surface area contributed by atoms with Crippen molar-refractivity contribution in [3.63, 3.8) is 0 Å². The number of amides is 3. The first-order valence-electron chi connectivity index (χ1n) is 12.6. The van der Waals surface area contributed by atoms with E-state index in [4.69, 9.17) is 4.74 Å². The number of carbonyl (C=O) groups is 2. The van der Waals surface area contributed by atoms with E-state index in [2.05, 4.69) is 27.8 Å². The van der Waals surface area contributed by atoms with Crippen LogP contribution in [0.3, 0.4) is 0 Å². The van der Waals surface area contributed by atoms with E-state index >= 15 is 0 Å². The third kappa shape index (κ3) is 4.15. The number of rotatable bonds is 6. The first kappa shape index (κ1) is 23.4. The standard InChI is InChI=1S/C27H31N5O3S/c1-3-31-14-17(15-31)29-25(33)24-23-22-21(11-12-28-26(22)36-24)32(27(34)30-23)20-10-9-19(13-16(20)2)35-18-7-5-4-6-8-18/h4-10,13,17,21-22,26,28H,3,11-12,14-15H2,1-2H3,(H,29,33)(H,30,34). The third-order valence-corrected chi connectivity index (χ3v) is 8.85. The highest BCUT2D eigenvalue weighted by molar-refractivity contribution is 8.04. The Kier molecular flexibility index (Phi) is 6.15. The van der Waals surface area contributed by atoms with Crippen molar-refractivity contribution in [2.75, 3.05) is 31.1 Å². The van der Waals surface area contributed by atoms with Crippen LogP contribution in [0.4, 0.5) is 10.5 Å². The van der Waals surface area contributed by atoms with Crippen molar-refractivity contribution in [2.45, 2.75) is 37.7 Å². The van der Waals surface area contributed by atoms with Crippen molar-refractivity contribution in [3.05, 3.63) is 64.7 Å². The summed E-state index contributed by atoms with van der Waals surface area (Å²) in [6.45, 7) is 7.69. The molecule has 188 valence electrons. The second-order valence-corrected chi connectivity index (χ2v) is 11.0. The van der Waals surface area contributed by atoms with Crippen molar-refractivity contribution >= 4 is 29.4 Å². The molecule has 3 saturated heterocycles. The predicted molar refractivity (Wildman–Crippen MR) is 141 cm³/mol. The van der Waals surface area contributed by atoms with Crippen LogP contribution in [0.2, 0.25) is 0 Å². The van der Waals surface area contributed by atoms with Gasteiger partial charge in [0.25, 0.3) is 5.91 Å². The molecular weight excluding hydrogens is 474 g/mol. The minimum atomic E-state index is -0.180. The number of ether oxygens (including phenoxy) is 1. The molecule has 6 rings (SSSR count). The summed E-state index contributed by atoms with van der Waals surface area (Å²) in [5.41, 5.74) is 2.61. The summed E-state index contributed by atoms with van der Waals surface area (Å²) in [5, 5.41) is 9.90. The summed E-state index contributed by atoms with van der Waals surface area (Å²) in [4.78, 5) is 31.5. The fourth-order valence-corrected chi connectivity index (χ4v) is 7.06. The Morgan fingerprint density at radius 1 is 1.17 bits per heavy atom. The van der Waals surface area contributed by atoms with Gasteiger partial charge in [0.2, 0.25) is 0 Å². The van der Waals surface area contributed by atoms with Gasteiger partial charge in [-0.25, -0.2) is 4.79 Å². The Morgan fingerprint density at radius 2 is 1.97 bits per heavy atom. The van der Waals surface area contributed by atoms with Gasteiger partial charge < -0.3 is 20.7 Å². The average Bonchev–Trinajstić information content (AvgIpc) is 3.22. The molecule has 4 aliphatic heterocycles. The van der Waals surface area contributed by atoms with Crippen molar-refractivity contribution in [1.29, 1.82) is 0 Å². The highest BCUT2D eigenvalue weighted by Crippen LogP contribution is 2.48. The summed E-state index contributed by atoms with van der Waals surface area (Å²) in [6, 6.07) is 15.5. The molecule has 4 aliphatic rings. The number of para-hydroxylation sites is 1. The molecule has 4 heterocycles. The maximum atomic E-state index is 13.5. The predicted octanol–water partition coefficient (Wildman–Crippen LogP) is 3.40. The van der Waals surface area contributed by atoms with E-state index in [9.17, 15) is 9.59 Å². The molecule has 3 unspecified atom stereocenters. The van der Waals surface area contributed by atoms with Crippen LogP contribution in [-0.2, 0) is 4.79 Å². The van der Waals surface area contributed by atoms with Crippen LogP contribution in [0.15, 0.2) is 59.1 Å². The first-order valence-corrected chi connectivity index (χ1v) is 13.5. The van der Waals surface area contributed by atoms with Crippen molar-refractivity contribution in [1.82, 2.24) is 20.9 Å². The number of aryl methyl sites for hydroxylation is 1. The average molecular weight is 506 g/mol. The van der Waals surface area contributed by atoms with E-state index in [1.807, 2.05) is 60.4 Å². The lowest BCUT2D eigenvalue weighted by Crippen LogP contribution is -2.62. The molecule has 0 bridgehead atoms.